The van der Waals surface area contributed by atoms with Gasteiger partial charge in [0, 0.05) is 6.04 Å². The van der Waals surface area contributed by atoms with Crippen molar-refractivity contribution in [2.75, 3.05) is 6.54 Å². The highest BCUT2D eigenvalue weighted by Gasteiger charge is 2.04. The minimum Gasteiger partial charge on any atom is -0.311 e. The van der Waals surface area contributed by atoms with Crippen molar-refractivity contribution in [1.82, 2.24) is 5.32 Å². The first-order valence-corrected chi connectivity index (χ1v) is 3.58. The molecule has 0 aliphatic carbocycles. The Balaban J connectivity index is 3.54. The van der Waals surface area contributed by atoms with Gasteiger partial charge in [0.2, 0.25) is 0 Å². The second kappa shape index (κ2) is 4.57. The summed E-state index contributed by atoms with van der Waals surface area (Å²) in [6, 6.07) is 0.481. The van der Waals surface area contributed by atoms with E-state index in [0.717, 1.165) is 6.54 Å². The molecule has 0 amide bonds. The molecule has 1 atom stereocenters. The fourth-order valence-corrected chi connectivity index (χ4v) is 0.827. The largest absolute Gasteiger partial charge is 0.311 e. The summed E-state index contributed by atoms with van der Waals surface area (Å²) in [5.41, 5.74) is 0. The molecule has 0 aliphatic rings. The predicted octanol–water partition coefficient (Wildman–Crippen LogP) is 1.81. The Kier molecular flexibility index (Phi) is 4.41. The molecule has 0 aliphatic heterocycles. The zero-order chi connectivity index (χ0) is 7.28. The normalized spacial score (nSPS) is 13.8. The van der Waals surface area contributed by atoms with Gasteiger partial charge in [-0.05, 0) is 12.5 Å². The Hall–Kier alpha value is -0.300. The number of hydrogen-bond acceptors (Lipinski definition) is 1. The minimum absolute atomic E-state index is 0.481. The molecular formula is C8H17N. The monoisotopic (exact) mass is 127 g/mol. The molecule has 0 aromatic carbocycles. The standard InChI is InChI=1S/C8H17N/c1-5-8(7(3)4)9-6-2/h5,7-9H,1,6H2,2-4H3. The van der Waals surface area contributed by atoms with Gasteiger partial charge in [-0.25, -0.2) is 0 Å². The van der Waals surface area contributed by atoms with Crippen LogP contribution in [0.15, 0.2) is 12.7 Å². The van der Waals surface area contributed by atoms with Crippen molar-refractivity contribution in [2.24, 2.45) is 5.92 Å². The van der Waals surface area contributed by atoms with E-state index in [1.165, 1.54) is 0 Å². The zero-order valence-corrected chi connectivity index (χ0v) is 6.65. The molecule has 0 bridgehead atoms. The van der Waals surface area contributed by atoms with Gasteiger partial charge in [0.25, 0.3) is 0 Å². The summed E-state index contributed by atoms with van der Waals surface area (Å²) in [4.78, 5) is 0. The van der Waals surface area contributed by atoms with Crippen molar-refractivity contribution in [3.05, 3.63) is 12.7 Å². The van der Waals surface area contributed by atoms with E-state index in [2.05, 4.69) is 32.7 Å². The fraction of sp³-hybridized carbons (Fsp3) is 0.750. The first kappa shape index (κ1) is 8.70. The van der Waals surface area contributed by atoms with Gasteiger partial charge in [-0.1, -0.05) is 26.8 Å². The maximum absolute atomic E-state index is 3.74. The average Bonchev–Trinajstić information content (AvgIpc) is 1.82. The Morgan fingerprint density at radius 2 is 2.11 bits per heavy atom. The molecule has 0 spiro atoms. The number of hydrogen-bond donors (Lipinski definition) is 1. The van der Waals surface area contributed by atoms with Gasteiger partial charge in [0.05, 0.1) is 0 Å². The van der Waals surface area contributed by atoms with Crippen LogP contribution in [0.3, 0.4) is 0 Å². The quantitative estimate of drug-likeness (QED) is 0.568. The van der Waals surface area contributed by atoms with E-state index in [-0.39, 0.29) is 0 Å². The molecule has 0 radical (unpaired) electrons. The van der Waals surface area contributed by atoms with E-state index in [1.54, 1.807) is 0 Å². The minimum atomic E-state index is 0.481. The van der Waals surface area contributed by atoms with Crippen LogP contribution < -0.4 is 5.32 Å². The summed E-state index contributed by atoms with van der Waals surface area (Å²) in [6.07, 6.45) is 1.97. The molecule has 0 saturated heterocycles. The predicted molar refractivity (Wildman–Crippen MR) is 42.5 cm³/mol. The lowest BCUT2D eigenvalue weighted by atomic mass is 10.1. The van der Waals surface area contributed by atoms with Crippen LogP contribution in [0.1, 0.15) is 20.8 Å². The van der Waals surface area contributed by atoms with Crippen LogP contribution in [0.5, 0.6) is 0 Å². The van der Waals surface area contributed by atoms with E-state index in [1.807, 2.05) is 6.08 Å². The first-order valence-electron chi connectivity index (χ1n) is 3.58. The summed E-state index contributed by atoms with van der Waals surface area (Å²) in [7, 11) is 0. The third kappa shape index (κ3) is 3.31. The average molecular weight is 127 g/mol. The summed E-state index contributed by atoms with van der Waals surface area (Å²) >= 11 is 0. The van der Waals surface area contributed by atoms with E-state index in [4.69, 9.17) is 0 Å². The molecule has 0 heterocycles. The highest BCUT2D eigenvalue weighted by Crippen LogP contribution is 2.00. The lowest BCUT2D eigenvalue weighted by Crippen LogP contribution is -2.31. The van der Waals surface area contributed by atoms with Gasteiger partial charge in [-0.3, -0.25) is 0 Å². The van der Waals surface area contributed by atoms with Crippen molar-refractivity contribution < 1.29 is 0 Å². The molecule has 1 nitrogen and oxygen atoms in total. The molecule has 0 fully saturated rings. The van der Waals surface area contributed by atoms with Crippen molar-refractivity contribution in [2.45, 2.75) is 26.8 Å². The van der Waals surface area contributed by atoms with Gasteiger partial charge >= 0.3 is 0 Å². The van der Waals surface area contributed by atoms with Gasteiger partial charge in [-0.2, -0.15) is 0 Å². The molecule has 0 saturated carbocycles. The number of likely N-dealkylation sites (N-methyl/N-ethyl adjacent to an activating group) is 1. The van der Waals surface area contributed by atoms with Gasteiger partial charge in [0.15, 0.2) is 0 Å². The highest BCUT2D eigenvalue weighted by atomic mass is 14.9. The maximum Gasteiger partial charge on any atom is 0.0270 e. The van der Waals surface area contributed by atoms with Crippen molar-refractivity contribution in [3.63, 3.8) is 0 Å². The molecular weight excluding hydrogens is 110 g/mol. The first-order chi connectivity index (χ1) is 4.22. The van der Waals surface area contributed by atoms with Crippen LogP contribution >= 0.6 is 0 Å². The van der Waals surface area contributed by atoms with Crippen LogP contribution in [0.4, 0.5) is 0 Å². The van der Waals surface area contributed by atoms with Crippen LogP contribution in [-0.4, -0.2) is 12.6 Å². The van der Waals surface area contributed by atoms with Crippen LogP contribution in [0, 0.1) is 5.92 Å². The molecule has 0 rings (SSSR count). The summed E-state index contributed by atoms with van der Waals surface area (Å²) in [5, 5.41) is 3.31. The second-order valence-electron chi connectivity index (χ2n) is 2.56. The molecule has 1 N–H and O–H groups in total. The van der Waals surface area contributed by atoms with Gasteiger partial charge in [0.1, 0.15) is 0 Å². The smallest absolute Gasteiger partial charge is 0.0270 e. The molecule has 0 aromatic rings. The second-order valence-corrected chi connectivity index (χ2v) is 2.56. The molecule has 1 unspecified atom stereocenters. The zero-order valence-electron chi connectivity index (χ0n) is 6.65. The fourth-order valence-electron chi connectivity index (χ4n) is 0.827. The van der Waals surface area contributed by atoms with Crippen LogP contribution in [0.2, 0.25) is 0 Å². The Morgan fingerprint density at radius 1 is 1.56 bits per heavy atom. The maximum atomic E-state index is 3.74. The lowest BCUT2D eigenvalue weighted by Gasteiger charge is -2.16. The topological polar surface area (TPSA) is 12.0 Å². The Bertz CT molecular complexity index is 76.6. The summed E-state index contributed by atoms with van der Waals surface area (Å²) in [5.74, 6) is 0.655. The van der Waals surface area contributed by atoms with Crippen LogP contribution in [-0.2, 0) is 0 Å². The third-order valence-corrected chi connectivity index (χ3v) is 1.41. The summed E-state index contributed by atoms with van der Waals surface area (Å²) in [6.45, 7) is 11.3. The van der Waals surface area contributed by atoms with Crippen molar-refractivity contribution in [3.8, 4) is 0 Å². The Morgan fingerprint density at radius 3 is 2.22 bits per heavy atom. The lowest BCUT2D eigenvalue weighted by molar-refractivity contribution is 0.476. The van der Waals surface area contributed by atoms with E-state index in [9.17, 15) is 0 Å². The SMILES string of the molecule is C=CC(NCC)C(C)C. The molecule has 0 aromatic heterocycles. The van der Waals surface area contributed by atoms with E-state index >= 15 is 0 Å². The highest BCUT2D eigenvalue weighted by molar-refractivity contribution is 4.87. The van der Waals surface area contributed by atoms with Gasteiger partial charge in [-0.15, -0.1) is 6.58 Å². The van der Waals surface area contributed by atoms with E-state index < -0.39 is 0 Å². The van der Waals surface area contributed by atoms with Crippen molar-refractivity contribution >= 4 is 0 Å². The number of nitrogens with one attached hydrogen (secondary N) is 1. The third-order valence-electron chi connectivity index (χ3n) is 1.41. The van der Waals surface area contributed by atoms with Crippen LogP contribution in [0.25, 0.3) is 0 Å². The van der Waals surface area contributed by atoms with Crippen molar-refractivity contribution in [1.29, 1.82) is 0 Å². The summed E-state index contributed by atoms with van der Waals surface area (Å²) < 4.78 is 0. The van der Waals surface area contributed by atoms with Gasteiger partial charge < -0.3 is 5.32 Å². The molecule has 1 heteroatoms. The molecule has 9 heavy (non-hydrogen) atoms. The molecule has 54 valence electrons. The Labute approximate surface area is 58.2 Å². The number of rotatable bonds is 4. The van der Waals surface area contributed by atoms with E-state index in [0.29, 0.717) is 12.0 Å².